The van der Waals surface area contributed by atoms with Crippen molar-refractivity contribution < 1.29 is 0 Å². The summed E-state index contributed by atoms with van der Waals surface area (Å²) in [5.41, 5.74) is 9.98. The maximum Gasteiger partial charge on any atom is 0.0382 e. The number of hydrogen-bond acceptors (Lipinski definition) is 2. The van der Waals surface area contributed by atoms with Gasteiger partial charge >= 0.3 is 0 Å². The van der Waals surface area contributed by atoms with E-state index in [1.807, 2.05) is 0 Å². The minimum Gasteiger partial charge on any atom is -0.329 e. The van der Waals surface area contributed by atoms with Gasteiger partial charge in [0.1, 0.15) is 0 Å². The number of hydrogen-bond donors (Lipinski definition) is 1. The van der Waals surface area contributed by atoms with Crippen molar-refractivity contribution in [1.29, 1.82) is 0 Å². The van der Waals surface area contributed by atoms with Crippen molar-refractivity contribution in [3.05, 3.63) is 35.4 Å². The van der Waals surface area contributed by atoms with Crippen LogP contribution in [0.15, 0.2) is 24.3 Å². The molecule has 0 amide bonds. The van der Waals surface area contributed by atoms with Gasteiger partial charge in [-0.15, -0.1) is 0 Å². The van der Waals surface area contributed by atoms with E-state index in [9.17, 15) is 0 Å². The quantitative estimate of drug-likeness (QED) is 0.903. The van der Waals surface area contributed by atoms with Crippen LogP contribution in [0, 0.1) is 5.41 Å². The molecule has 0 saturated heterocycles. The minimum atomic E-state index is 0.202. The molecule has 0 bridgehead atoms. The normalized spacial score (nSPS) is 29.7. The van der Waals surface area contributed by atoms with Crippen molar-refractivity contribution in [1.82, 2.24) is 4.90 Å². The first kappa shape index (κ1) is 15.1. The summed E-state index contributed by atoms with van der Waals surface area (Å²) in [4.78, 5) is 2.74. The number of rotatable bonds is 2. The molecule has 1 aromatic rings. The van der Waals surface area contributed by atoms with Gasteiger partial charge < -0.3 is 5.73 Å². The lowest BCUT2D eigenvalue weighted by molar-refractivity contribution is -0.0418. The molecular formula is C19H30N2. The molecule has 1 unspecified atom stereocenters. The van der Waals surface area contributed by atoms with E-state index < -0.39 is 0 Å². The Hall–Kier alpha value is -0.860. The Bertz CT molecular complexity index is 467. The lowest BCUT2D eigenvalue weighted by Crippen LogP contribution is -2.64. The van der Waals surface area contributed by atoms with Crippen molar-refractivity contribution in [3.8, 4) is 0 Å². The first-order chi connectivity index (χ1) is 10.1. The lowest BCUT2D eigenvalue weighted by Gasteiger charge is -2.56. The van der Waals surface area contributed by atoms with Gasteiger partial charge in [-0.1, -0.05) is 51.0 Å². The van der Waals surface area contributed by atoms with Gasteiger partial charge in [0.25, 0.3) is 0 Å². The second kappa shape index (κ2) is 5.73. The molecular weight excluding hydrogens is 256 g/mol. The average molecular weight is 286 g/mol. The van der Waals surface area contributed by atoms with Crippen LogP contribution in [0.1, 0.15) is 50.7 Å². The standard InChI is InChI=1S/C19H30N2/c1-18(2)11-5-6-12-19(18,15-20)21-13-9-16-7-3-4-8-17(16)10-14-21/h3-4,7-8H,5-6,9-15,20H2,1-2H3. The maximum atomic E-state index is 6.36. The van der Waals surface area contributed by atoms with E-state index in [-0.39, 0.29) is 5.54 Å². The van der Waals surface area contributed by atoms with Crippen LogP contribution in [0.4, 0.5) is 0 Å². The number of nitrogens with zero attached hydrogens (tertiary/aromatic N) is 1. The summed E-state index contributed by atoms with van der Waals surface area (Å²) in [5.74, 6) is 0. The summed E-state index contributed by atoms with van der Waals surface area (Å²) >= 11 is 0. The molecule has 0 spiro atoms. The molecule has 1 aliphatic heterocycles. The molecule has 1 heterocycles. The predicted octanol–water partition coefficient (Wildman–Crippen LogP) is 3.38. The van der Waals surface area contributed by atoms with Gasteiger partial charge in [0.2, 0.25) is 0 Å². The zero-order valence-corrected chi connectivity index (χ0v) is 13.7. The highest BCUT2D eigenvalue weighted by atomic mass is 15.2. The van der Waals surface area contributed by atoms with Gasteiger partial charge in [0, 0.05) is 25.2 Å². The summed E-state index contributed by atoms with van der Waals surface area (Å²) in [6.07, 6.45) is 7.63. The van der Waals surface area contributed by atoms with Crippen molar-refractivity contribution in [3.63, 3.8) is 0 Å². The van der Waals surface area contributed by atoms with Gasteiger partial charge in [-0.25, -0.2) is 0 Å². The molecule has 116 valence electrons. The Morgan fingerprint density at radius 3 is 2.10 bits per heavy atom. The van der Waals surface area contributed by atoms with Crippen molar-refractivity contribution in [2.24, 2.45) is 11.1 Å². The molecule has 3 rings (SSSR count). The molecule has 1 aromatic carbocycles. The van der Waals surface area contributed by atoms with E-state index in [0.717, 1.165) is 19.6 Å². The Kier molecular flexibility index (Phi) is 4.11. The third kappa shape index (κ3) is 2.53. The molecule has 1 aliphatic carbocycles. The van der Waals surface area contributed by atoms with E-state index in [0.29, 0.717) is 5.41 Å². The Morgan fingerprint density at radius 1 is 1.00 bits per heavy atom. The molecule has 1 atom stereocenters. The van der Waals surface area contributed by atoms with Crippen molar-refractivity contribution in [2.45, 2.75) is 57.9 Å². The van der Waals surface area contributed by atoms with Crippen LogP contribution in [-0.4, -0.2) is 30.1 Å². The van der Waals surface area contributed by atoms with E-state index in [2.05, 4.69) is 43.0 Å². The van der Waals surface area contributed by atoms with Gasteiger partial charge in [-0.2, -0.15) is 0 Å². The fourth-order valence-corrected chi connectivity index (χ4v) is 4.74. The third-order valence-corrected chi connectivity index (χ3v) is 6.27. The molecule has 21 heavy (non-hydrogen) atoms. The molecule has 0 aromatic heterocycles. The van der Waals surface area contributed by atoms with Crippen LogP contribution in [0.3, 0.4) is 0 Å². The highest BCUT2D eigenvalue weighted by molar-refractivity contribution is 5.29. The second-order valence-electron chi connectivity index (χ2n) is 7.58. The average Bonchev–Trinajstić information content (AvgIpc) is 2.70. The SMILES string of the molecule is CC1(C)CCCCC1(CN)N1CCc2ccccc2CC1. The van der Waals surface area contributed by atoms with E-state index in [4.69, 9.17) is 5.73 Å². The Morgan fingerprint density at radius 2 is 1.57 bits per heavy atom. The fraction of sp³-hybridized carbons (Fsp3) is 0.684. The van der Waals surface area contributed by atoms with Gasteiger partial charge in [-0.05, 0) is 42.2 Å². The number of benzene rings is 1. The summed E-state index contributed by atoms with van der Waals surface area (Å²) in [5, 5.41) is 0. The van der Waals surface area contributed by atoms with Gasteiger partial charge in [0.15, 0.2) is 0 Å². The predicted molar refractivity (Wildman–Crippen MR) is 89.5 cm³/mol. The lowest BCUT2D eigenvalue weighted by atomic mass is 9.62. The zero-order chi connectivity index (χ0) is 14.9. The Balaban J connectivity index is 1.86. The van der Waals surface area contributed by atoms with Crippen LogP contribution < -0.4 is 5.73 Å². The first-order valence-corrected chi connectivity index (χ1v) is 8.61. The highest BCUT2D eigenvalue weighted by Crippen LogP contribution is 2.47. The van der Waals surface area contributed by atoms with Crippen LogP contribution in [0.2, 0.25) is 0 Å². The number of nitrogens with two attached hydrogens (primary N) is 1. The van der Waals surface area contributed by atoms with Gasteiger partial charge in [0.05, 0.1) is 0 Å². The maximum absolute atomic E-state index is 6.36. The molecule has 0 radical (unpaired) electrons. The summed E-state index contributed by atoms with van der Waals surface area (Å²) in [6.45, 7) is 8.01. The summed E-state index contributed by atoms with van der Waals surface area (Å²) in [7, 11) is 0. The van der Waals surface area contributed by atoms with Crippen molar-refractivity contribution >= 4 is 0 Å². The molecule has 2 aliphatic rings. The van der Waals surface area contributed by atoms with Crippen LogP contribution in [-0.2, 0) is 12.8 Å². The Labute approximate surface area is 129 Å². The highest BCUT2D eigenvalue weighted by Gasteiger charge is 2.49. The van der Waals surface area contributed by atoms with Crippen molar-refractivity contribution in [2.75, 3.05) is 19.6 Å². The largest absolute Gasteiger partial charge is 0.329 e. The van der Waals surface area contributed by atoms with E-state index >= 15 is 0 Å². The molecule has 1 fully saturated rings. The van der Waals surface area contributed by atoms with E-state index in [1.54, 1.807) is 11.1 Å². The topological polar surface area (TPSA) is 29.3 Å². The van der Waals surface area contributed by atoms with Crippen LogP contribution in [0.25, 0.3) is 0 Å². The minimum absolute atomic E-state index is 0.202. The van der Waals surface area contributed by atoms with E-state index in [1.165, 1.54) is 38.5 Å². The molecule has 2 N–H and O–H groups in total. The number of fused-ring (bicyclic) bond motifs is 1. The second-order valence-corrected chi connectivity index (χ2v) is 7.58. The molecule has 2 heteroatoms. The summed E-state index contributed by atoms with van der Waals surface area (Å²) < 4.78 is 0. The smallest absolute Gasteiger partial charge is 0.0382 e. The fourth-order valence-electron chi connectivity index (χ4n) is 4.74. The summed E-state index contributed by atoms with van der Waals surface area (Å²) in [6, 6.07) is 8.97. The molecule has 1 saturated carbocycles. The monoisotopic (exact) mass is 286 g/mol. The van der Waals surface area contributed by atoms with Crippen LogP contribution >= 0.6 is 0 Å². The third-order valence-electron chi connectivity index (χ3n) is 6.27. The first-order valence-electron chi connectivity index (χ1n) is 8.61. The van der Waals surface area contributed by atoms with Crippen LogP contribution in [0.5, 0.6) is 0 Å². The van der Waals surface area contributed by atoms with Gasteiger partial charge in [-0.3, -0.25) is 4.90 Å². The zero-order valence-electron chi connectivity index (χ0n) is 13.7. The molecule has 2 nitrogen and oxygen atoms in total.